The summed E-state index contributed by atoms with van der Waals surface area (Å²) in [5.41, 5.74) is 0. The van der Waals surface area contributed by atoms with Gasteiger partial charge < -0.3 is 4.74 Å². The van der Waals surface area contributed by atoms with Crippen molar-refractivity contribution in [2.24, 2.45) is 0 Å². The van der Waals surface area contributed by atoms with E-state index in [2.05, 4.69) is 0 Å². The molecule has 4 heteroatoms. The smallest absolute Gasteiger partial charge is 0.172 e. The van der Waals surface area contributed by atoms with Crippen LogP contribution in [0.2, 0.25) is 0 Å². The van der Waals surface area contributed by atoms with E-state index in [0.29, 0.717) is 0 Å². The van der Waals surface area contributed by atoms with Crippen molar-refractivity contribution in [1.82, 2.24) is 0 Å². The summed E-state index contributed by atoms with van der Waals surface area (Å²) in [6.45, 7) is 2.00. The number of halogens is 2. The van der Waals surface area contributed by atoms with Crippen molar-refractivity contribution in [3.05, 3.63) is 30.3 Å². The van der Waals surface area contributed by atoms with Gasteiger partial charge in [0, 0.05) is 13.2 Å². The van der Waals surface area contributed by atoms with E-state index in [9.17, 15) is 0 Å². The van der Waals surface area contributed by atoms with Gasteiger partial charge in [-0.15, -0.1) is 0 Å². The van der Waals surface area contributed by atoms with E-state index >= 15 is 0 Å². The molecule has 1 saturated heterocycles. The Morgan fingerprint density at radius 1 is 1.08 bits per heavy atom. The maximum Gasteiger partial charge on any atom is -0.172 e. The third-order valence-electron chi connectivity index (χ3n) is 1.38. The first-order valence-electron chi connectivity index (χ1n) is 4.05. The topological polar surface area (TPSA) is 9.23 Å². The van der Waals surface area contributed by atoms with E-state index in [-0.39, 0.29) is 13.4 Å². The SMILES string of the molecule is C1CCOC1.[Cl][Cr][Cl].c1cc[cH-]c1. The molecule has 0 saturated carbocycles. The fourth-order valence-electron chi connectivity index (χ4n) is 0.831. The van der Waals surface area contributed by atoms with Crippen LogP contribution in [0, 0.1) is 0 Å². The van der Waals surface area contributed by atoms with Gasteiger partial charge in [-0.3, -0.25) is 0 Å². The van der Waals surface area contributed by atoms with Gasteiger partial charge >= 0.3 is 33.5 Å². The molecule has 0 atom stereocenters. The molecule has 13 heavy (non-hydrogen) atoms. The third kappa shape index (κ3) is 12.4. The zero-order valence-corrected chi connectivity index (χ0v) is 10.1. The van der Waals surface area contributed by atoms with Gasteiger partial charge in [-0.1, -0.05) is 0 Å². The van der Waals surface area contributed by atoms with Gasteiger partial charge in [-0.2, -0.15) is 18.2 Å². The quantitative estimate of drug-likeness (QED) is 0.648. The summed E-state index contributed by atoms with van der Waals surface area (Å²) in [5.74, 6) is 0. The van der Waals surface area contributed by atoms with E-state index < -0.39 is 0 Å². The predicted molar refractivity (Wildman–Crippen MR) is 53.8 cm³/mol. The molecule has 0 amide bonds. The predicted octanol–water partition coefficient (Wildman–Crippen LogP) is 3.58. The monoisotopic (exact) mass is 259 g/mol. The Morgan fingerprint density at radius 2 is 1.54 bits per heavy atom. The van der Waals surface area contributed by atoms with Crippen molar-refractivity contribution in [3.8, 4) is 0 Å². The Kier molecular flexibility index (Phi) is 12.8. The molecule has 0 bridgehead atoms. The summed E-state index contributed by atoms with van der Waals surface area (Å²) in [5, 5.41) is 0. The Morgan fingerprint density at radius 3 is 1.69 bits per heavy atom. The van der Waals surface area contributed by atoms with Crippen molar-refractivity contribution in [2.75, 3.05) is 13.2 Å². The van der Waals surface area contributed by atoms with Crippen LogP contribution >= 0.6 is 20.1 Å². The first-order chi connectivity index (χ1) is 6.41. The zero-order valence-electron chi connectivity index (χ0n) is 7.29. The van der Waals surface area contributed by atoms with E-state index in [1.165, 1.54) is 12.8 Å². The number of hydrogen-bond donors (Lipinski definition) is 0. The van der Waals surface area contributed by atoms with Crippen molar-refractivity contribution in [1.29, 1.82) is 0 Å². The minimum Gasteiger partial charge on any atom is -0.214 e. The molecule has 0 unspecified atom stereocenters. The van der Waals surface area contributed by atoms with Gasteiger partial charge in [0.25, 0.3) is 0 Å². The minimum absolute atomic E-state index is 0.181. The second kappa shape index (κ2) is 12.4. The molecule has 0 aromatic heterocycles. The molecule has 2 rings (SSSR count). The number of hydrogen-bond acceptors (Lipinski definition) is 1. The van der Waals surface area contributed by atoms with Crippen LogP contribution < -0.4 is 0 Å². The van der Waals surface area contributed by atoms with Crippen LogP contribution in [0.15, 0.2) is 30.3 Å². The summed E-state index contributed by atoms with van der Waals surface area (Å²) in [6, 6.07) is 10.0. The van der Waals surface area contributed by atoms with Gasteiger partial charge in [0.05, 0.1) is 0 Å². The average Bonchev–Trinajstić information content (AvgIpc) is 2.85. The Bertz CT molecular complexity index is 128. The van der Waals surface area contributed by atoms with Crippen LogP contribution in [0.25, 0.3) is 0 Å². The molecule has 0 radical (unpaired) electrons. The summed E-state index contributed by atoms with van der Waals surface area (Å²) in [6.07, 6.45) is 2.56. The van der Waals surface area contributed by atoms with Crippen LogP contribution in [-0.2, 0) is 18.1 Å². The van der Waals surface area contributed by atoms with Gasteiger partial charge in [-0.05, 0) is 12.8 Å². The van der Waals surface area contributed by atoms with Crippen LogP contribution in [0.1, 0.15) is 12.8 Å². The van der Waals surface area contributed by atoms with Crippen molar-refractivity contribution in [2.45, 2.75) is 12.8 Å². The molecule has 0 N–H and O–H groups in total. The molecule has 0 aliphatic carbocycles. The molecule has 76 valence electrons. The van der Waals surface area contributed by atoms with Crippen LogP contribution in [-0.4, -0.2) is 13.2 Å². The van der Waals surface area contributed by atoms with Crippen molar-refractivity contribution >= 4 is 20.1 Å². The first-order valence-corrected chi connectivity index (χ1v) is 7.56. The molecule has 1 aliphatic rings. The molecule has 1 aromatic carbocycles. The first kappa shape index (κ1) is 13.4. The third-order valence-corrected chi connectivity index (χ3v) is 1.38. The van der Waals surface area contributed by atoms with Crippen molar-refractivity contribution in [3.63, 3.8) is 0 Å². The number of rotatable bonds is 0. The molecule has 1 nitrogen and oxygen atoms in total. The average molecular weight is 260 g/mol. The maximum absolute atomic E-state index is 4.94. The second-order valence-electron chi connectivity index (χ2n) is 2.34. The molecule has 1 aliphatic heterocycles. The Labute approximate surface area is 94.5 Å². The molecule has 1 aromatic rings. The second-order valence-corrected chi connectivity index (χ2v) is 4.45. The van der Waals surface area contributed by atoms with E-state index in [4.69, 9.17) is 24.8 Å². The number of ether oxygens (including phenoxy) is 1. The van der Waals surface area contributed by atoms with E-state index in [0.717, 1.165) is 13.2 Å². The van der Waals surface area contributed by atoms with Gasteiger partial charge in [0.1, 0.15) is 0 Å². The molecule has 0 spiro atoms. The fraction of sp³-hybridized carbons (Fsp3) is 0.444. The maximum atomic E-state index is 4.94. The minimum atomic E-state index is -0.181. The summed E-state index contributed by atoms with van der Waals surface area (Å²) >= 11 is -0.181. The zero-order chi connectivity index (χ0) is 9.78. The Hall–Kier alpha value is 0.422. The van der Waals surface area contributed by atoms with Gasteiger partial charge in [0.15, 0.2) is 0 Å². The van der Waals surface area contributed by atoms with E-state index in [1.54, 1.807) is 0 Å². The van der Waals surface area contributed by atoms with Crippen molar-refractivity contribution < 1.29 is 18.1 Å². The van der Waals surface area contributed by atoms with Crippen LogP contribution in [0.4, 0.5) is 0 Å². The Balaban J connectivity index is 0.000000174. The van der Waals surface area contributed by atoms with Gasteiger partial charge in [0.2, 0.25) is 0 Å². The molecule has 1 fully saturated rings. The normalized spacial score (nSPS) is 13.7. The molecular weight excluding hydrogens is 247 g/mol. The fourth-order valence-corrected chi connectivity index (χ4v) is 0.831. The summed E-state index contributed by atoms with van der Waals surface area (Å²) in [7, 11) is 9.65. The standard InChI is InChI=1S/C5H5.C4H8O.2ClH.Cr/c2*1-2-4-5-3-1;;;/h1-5H;1-4H2;2*1H;/q-1;;;;+2/p-2. The van der Waals surface area contributed by atoms with Crippen LogP contribution in [0.5, 0.6) is 0 Å². The molecular formula is C9H13Cl2CrO-. The van der Waals surface area contributed by atoms with Gasteiger partial charge in [-0.25, -0.2) is 12.1 Å². The molecule has 1 heterocycles. The summed E-state index contributed by atoms with van der Waals surface area (Å²) < 4.78 is 4.94. The largest absolute Gasteiger partial charge is 0.214 e. The summed E-state index contributed by atoms with van der Waals surface area (Å²) in [4.78, 5) is 0. The van der Waals surface area contributed by atoms with Crippen LogP contribution in [0.3, 0.4) is 0 Å². The van der Waals surface area contributed by atoms with E-state index in [1.807, 2.05) is 30.3 Å².